The van der Waals surface area contributed by atoms with Crippen LogP contribution in [0, 0.1) is 6.92 Å². The second-order valence-electron chi connectivity index (χ2n) is 4.31. The summed E-state index contributed by atoms with van der Waals surface area (Å²) in [6.07, 6.45) is 0. The van der Waals surface area contributed by atoms with Crippen molar-refractivity contribution in [1.29, 1.82) is 0 Å². The number of hydrogen-bond donors (Lipinski definition) is 0. The number of ether oxygens (including phenoxy) is 1. The second-order valence-corrected chi connectivity index (χ2v) is 5.16. The molecule has 0 fully saturated rings. The minimum Gasteiger partial charge on any atom is -0.383 e. The topological polar surface area (TPSA) is 29.5 Å². The molecule has 1 rings (SSSR count). The molecule has 3 nitrogen and oxygen atoms in total. The molecule has 1 amide bonds. The van der Waals surface area contributed by atoms with Gasteiger partial charge in [0.1, 0.15) is 0 Å². The van der Waals surface area contributed by atoms with E-state index in [4.69, 9.17) is 4.74 Å². The van der Waals surface area contributed by atoms with Crippen molar-refractivity contribution in [3.63, 3.8) is 0 Å². The van der Waals surface area contributed by atoms with E-state index in [1.165, 1.54) is 0 Å². The van der Waals surface area contributed by atoms with Crippen LogP contribution >= 0.6 is 15.9 Å². The van der Waals surface area contributed by atoms with Gasteiger partial charge in [0, 0.05) is 23.7 Å². The van der Waals surface area contributed by atoms with E-state index in [1.54, 1.807) is 7.11 Å². The molecule has 0 aliphatic rings. The largest absolute Gasteiger partial charge is 0.383 e. The van der Waals surface area contributed by atoms with Crippen LogP contribution in [0.3, 0.4) is 0 Å². The van der Waals surface area contributed by atoms with E-state index in [2.05, 4.69) is 15.9 Å². The van der Waals surface area contributed by atoms with Gasteiger partial charge in [-0.15, -0.1) is 0 Å². The molecule has 4 heteroatoms. The van der Waals surface area contributed by atoms with Gasteiger partial charge in [-0.2, -0.15) is 0 Å². The molecule has 18 heavy (non-hydrogen) atoms. The van der Waals surface area contributed by atoms with Gasteiger partial charge in [-0.1, -0.05) is 22.0 Å². The summed E-state index contributed by atoms with van der Waals surface area (Å²) in [4.78, 5) is 14.3. The molecule has 1 atom stereocenters. The molecule has 0 saturated heterocycles. The Hall–Kier alpha value is -0.870. The molecule has 0 heterocycles. The third-order valence-electron chi connectivity index (χ3n) is 3.04. The van der Waals surface area contributed by atoms with E-state index in [9.17, 15) is 4.79 Å². The van der Waals surface area contributed by atoms with Crippen molar-refractivity contribution < 1.29 is 9.53 Å². The zero-order valence-corrected chi connectivity index (χ0v) is 13.0. The molecule has 0 saturated carbocycles. The summed E-state index contributed by atoms with van der Waals surface area (Å²) in [6.45, 7) is 7.16. The predicted molar refractivity (Wildman–Crippen MR) is 76.9 cm³/mol. The minimum absolute atomic E-state index is 0.0563. The number of nitrogens with zero attached hydrogens (tertiary/aromatic N) is 1. The lowest BCUT2D eigenvalue weighted by atomic mass is 10.1. The maximum absolute atomic E-state index is 12.5. The van der Waals surface area contributed by atoms with Crippen molar-refractivity contribution in [3.8, 4) is 0 Å². The fourth-order valence-corrected chi connectivity index (χ4v) is 2.35. The third-order valence-corrected chi connectivity index (χ3v) is 3.90. The van der Waals surface area contributed by atoms with Crippen molar-refractivity contribution in [1.82, 2.24) is 4.90 Å². The molecule has 0 aliphatic carbocycles. The van der Waals surface area contributed by atoms with Gasteiger partial charge >= 0.3 is 0 Å². The first-order valence-corrected chi connectivity index (χ1v) is 6.87. The van der Waals surface area contributed by atoms with Crippen molar-refractivity contribution in [2.75, 3.05) is 20.3 Å². The summed E-state index contributed by atoms with van der Waals surface area (Å²) in [5.41, 5.74) is 1.72. The van der Waals surface area contributed by atoms with Crippen LogP contribution in [0.2, 0.25) is 0 Å². The number of hydrogen-bond acceptors (Lipinski definition) is 2. The van der Waals surface area contributed by atoms with Crippen LogP contribution in [-0.2, 0) is 4.74 Å². The van der Waals surface area contributed by atoms with Crippen LogP contribution < -0.4 is 0 Å². The summed E-state index contributed by atoms with van der Waals surface area (Å²) in [5.74, 6) is 0.0563. The second kappa shape index (κ2) is 6.90. The monoisotopic (exact) mass is 313 g/mol. The van der Waals surface area contributed by atoms with E-state index in [0.29, 0.717) is 13.2 Å². The Morgan fingerprint density at radius 3 is 2.72 bits per heavy atom. The maximum atomic E-state index is 12.5. The highest BCUT2D eigenvalue weighted by molar-refractivity contribution is 9.10. The highest BCUT2D eigenvalue weighted by Gasteiger charge is 2.21. The van der Waals surface area contributed by atoms with Gasteiger partial charge < -0.3 is 9.64 Å². The molecule has 0 spiro atoms. The average molecular weight is 314 g/mol. The molecule has 0 bridgehead atoms. The molecular weight excluding hydrogens is 294 g/mol. The van der Waals surface area contributed by atoms with Gasteiger partial charge in [0.25, 0.3) is 5.91 Å². The van der Waals surface area contributed by atoms with E-state index in [1.807, 2.05) is 43.9 Å². The Kier molecular flexibility index (Phi) is 5.82. The molecule has 100 valence electrons. The van der Waals surface area contributed by atoms with Crippen molar-refractivity contribution in [2.45, 2.75) is 26.8 Å². The number of halogens is 1. The highest BCUT2D eigenvalue weighted by Crippen LogP contribution is 2.21. The van der Waals surface area contributed by atoms with Crippen molar-refractivity contribution in [3.05, 3.63) is 33.8 Å². The van der Waals surface area contributed by atoms with Crippen LogP contribution in [0.5, 0.6) is 0 Å². The van der Waals surface area contributed by atoms with Gasteiger partial charge in [-0.25, -0.2) is 0 Å². The standard InChI is InChI=1S/C14H20BrNO2/c1-5-16(10(2)9-18-4)14(17)12-7-6-8-13(15)11(12)3/h6-8,10H,5,9H2,1-4H3. The number of likely N-dealkylation sites (N-methyl/N-ethyl adjacent to an activating group) is 1. The lowest BCUT2D eigenvalue weighted by Crippen LogP contribution is -2.41. The predicted octanol–water partition coefficient (Wildman–Crippen LogP) is 3.25. The summed E-state index contributed by atoms with van der Waals surface area (Å²) >= 11 is 3.46. The summed E-state index contributed by atoms with van der Waals surface area (Å²) in [7, 11) is 1.65. The first-order valence-electron chi connectivity index (χ1n) is 6.07. The van der Waals surface area contributed by atoms with Crippen molar-refractivity contribution in [2.24, 2.45) is 0 Å². The van der Waals surface area contributed by atoms with Crippen LogP contribution in [0.4, 0.5) is 0 Å². The van der Waals surface area contributed by atoms with Gasteiger partial charge in [-0.3, -0.25) is 4.79 Å². The lowest BCUT2D eigenvalue weighted by Gasteiger charge is -2.28. The van der Waals surface area contributed by atoms with Crippen molar-refractivity contribution >= 4 is 21.8 Å². The number of carbonyl (C=O) groups is 1. The van der Waals surface area contributed by atoms with E-state index in [-0.39, 0.29) is 11.9 Å². The van der Waals surface area contributed by atoms with E-state index < -0.39 is 0 Å². The van der Waals surface area contributed by atoms with Crippen LogP contribution in [0.25, 0.3) is 0 Å². The lowest BCUT2D eigenvalue weighted by molar-refractivity contribution is 0.0578. The minimum atomic E-state index is 0.0563. The van der Waals surface area contributed by atoms with Crippen LogP contribution in [-0.4, -0.2) is 37.1 Å². The number of rotatable bonds is 5. The molecule has 1 aromatic carbocycles. The van der Waals surface area contributed by atoms with Crippen LogP contribution in [0.15, 0.2) is 22.7 Å². The Bertz CT molecular complexity index is 420. The Labute approximate surface area is 117 Å². The number of methoxy groups -OCH3 is 1. The molecule has 0 radical (unpaired) electrons. The molecule has 0 N–H and O–H groups in total. The van der Waals surface area contributed by atoms with Gasteiger partial charge in [0.2, 0.25) is 0 Å². The average Bonchev–Trinajstić information content (AvgIpc) is 2.33. The number of benzene rings is 1. The maximum Gasteiger partial charge on any atom is 0.254 e. The van der Waals surface area contributed by atoms with Gasteiger partial charge in [0.15, 0.2) is 0 Å². The highest BCUT2D eigenvalue weighted by atomic mass is 79.9. The molecular formula is C14H20BrNO2. The van der Waals surface area contributed by atoms with E-state index >= 15 is 0 Å². The smallest absolute Gasteiger partial charge is 0.254 e. The first-order chi connectivity index (χ1) is 8.52. The summed E-state index contributed by atoms with van der Waals surface area (Å²) < 4.78 is 6.09. The van der Waals surface area contributed by atoms with Gasteiger partial charge in [-0.05, 0) is 38.5 Å². The quantitative estimate of drug-likeness (QED) is 0.835. The van der Waals surface area contributed by atoms with Gasteiger partial charge in [0.05, 0.1) is 12.6 Å². The number of carbonyl (C=O) groups excluding carboxylic acids is 1. The Morgan fingerprint density at radius 1 is 1.50 bits per heavy atom. The molecule has 1 unspecified atom stereocenters. The molecule has 0 aliphatic heterocycles. The zero-order valence-electron chi connectivity index (χ0n) is 11.4. The fraction of sp³-hybridized carbons (Fsp3) is 0.500. The van der Waals surface area contributed by atoms with E-state index in [0.717, 1.165) is 15.6 Å². The SMILES string of the molecule is CCN(C(=O)c1cccc(Br)c1C)C(C)COC. The Balaban J connectivity index is 3.00. The Morgan fingerprint density at radius 2 is 2.17 bits per heavy atom. The fourth-order valence-electron chi connectivity index (χ4n) is 1.98. The normalized spacial score (nSPS) is 12.3. The van der Waals surface area contributed by atoms with Crippen LogP contribution in [0.1, 0.15) is 29.8 Å². The molecule has 1 aromatic rings. The summed E-state index contributed by atoms with van der Waals surface area (Å²) in [5, 5.41) is 0. The first kappa shape index (κ1) is 15.2. The zero-order chi connectivity index (χ0) is 13.7. The third kappa shape index (κ3) is 3.33. The molecule has 0 aromatic heterocycles. The summed E-state index contributed by atoms with van der Waals surface area (Å²) in [6, 6.07) is 5.77. The number of amides is 1.